The summed E-state index contributed by atoms with van der Waals surface area (Å²) in [4.78, 5) is 12.5. The second-order valence-electron chi connectivity index (χ2n) is 5.91. The van der Waals surface area contributed by atoms with Crippen LogP contribution in [0.25, 0.3) is 0 Å². The van der Waals surface area contributed by atoms with Gasteiger partial charge in [-0.25, -0.2) is 0 Å². The predicted molar refractivity (Wildman–Crippen MR) is 96.4 cm³/mol. The fraction of sp³-hybridized carbons (Fsp3) is 0.350. The van der Waals surface area contributed by atoms with Gasteiger partial charge in [-0.15, -0.1) is 0 Å². The van der Waals surface area contributed by atoms with Gasteiger partial charge in [0, 0.05) is 12.8 Å². The van der Waals surface area contributed by atoms with E-state index >= 15 is 0 Å². The minimum atomic E-state index is -0.531. The van der Waals surface area contributed by atoms with Crippen molar-refractivity contribution in [1.82, 2.24) is 0 Å². The molecule has 128 valence electrons. The van der Waals surface area contributed by atoms with Gasteiger partial charge in [0.25, 0.3) is 5.91 Å². The lowest BCUT2D eigenvalue weighted by atomic mass is 10.1. The molecule has 0 bridgehead atoms. The Labute approximate surface area is 143 Å². The third-order valence-electron chi connectivity index (χ3n) is 3.78. The minimum Gasteiger partial charge on any atom is -0.480 e. The van der Waals surface area contributed by atoms with Crippen molar-refractivity contribution < 1.29 is 14.3 Å². The molecule has 1 amide bonds. The number of benzene rings is 2. The highest BCUT2D eigenvalue weighted by molar-refractivity contribution is 5.94. The van der Waals surface area contributed by atoms with E-state index < -0.39 is 6.10 Å². The van der Waals surface area contributed by atoms with Gasteiger partial charge in [0.1, 0.15) is 5.75 Å². The maximum atomic E-state index is 12.5. The van der Waals surface area contributed by atoms with E-state index in [0.717, 1.165) is 28.1 Å². The van der Waals surface area contributed by atoms with Gasteiger partial charge in [-0.1, -0.05) is 31.2 Å². The van der Waals surface area contributed by atoms with Crippen LogP contribution >= 0.6 is 0 Å². The lowest BCUT2D eigenvalue weighted by Gasteiger charge is -2.19. The molecule has 1 atom stereocenters. The van der Waals surface area contributed by atoms with Crippen LogP contribution in [0.1, 0.15) is 30.0 Å². The molecule has 0 aliphatic carbocycles. The van der Waals surface area contributed by atoms with Crippen LogP contribution < -0.4 is 10.1 Å². The van der Waals surface area contributed by atoms with Gasteiger partial charge >= 0.3 is 0 Å². The molecular formula is C20H25NO3. The Morgan fingerprint density at radius 2 is 1.96 bits per heavy atom. The van der Waals surface area contributed by atoms with Gasteiger partial charge in [-0.2, -0.15) is 0 Å². The molecule has 0 aliphatic rings. The Balaban J connectivity index is 2.08. The van der Waals surface area contributed by atoms with Crippen molar-refractivity contribution in [3.05, 3.63) is 59.2 Å². The van der Waals surface area contributed by atoms with Crippen LogP contribution in [-0.4, -0.2) is 19.1 Å². The van der Waals surface area contributed by atoms with E-state index in [1.807, 2.05) is 63.2 Å². The molecule has 0 heterocycles. The first-order valence-electron chi connectivity index (χ1n) is 8.16. The van der Waals surface area contributed by atoms with Crippen molar-refractivity contribution >= 4 is 11.6 Å². The fourth-order valence-corrected chi connectivity index (χ4v) is 2.44. The van der Waals surface area contributed by atoms with E-state index in [1.54, 1.807) is 7.11 Å². The SMILES string of the molecule is CC[C@H](Oc1cc(C)ccc1C)C(=O)Nc1cccc(COC)c1. The number of nitrogens with one attached hydrogen (secondary N) is 1. The summed E-state index contributed by atoms with van der Waals surface area (Å²) in [6.45, 7) is 6.44. The number of methoxy groups -OCH3 is 1. The highest BCUT2D eigenvalue weighted by Crippen LogP contribution is 2.22. The molecule has 0 unspecified atom stereocenters. The number of amides is 1. The van der Waals surface area contributed by atoms with Gasteiger partial charge in [-0.3, -0.25) is 4.79 Å². The second kappa shape index (κ2) is 8.50. The summed E-state index contributed by atoms with van der Waals surface area (Å²) in [5.41, 5.74) is 3.89. The smallest absolute Gasteiger partial charge is 0.265 e. The Hall–Kier alpha value is -2.33. The number of carbonyl (C=O) groups excluding carboxylic acids is 1. The average Bonchev–Trinajstić information content (AvgIpc) is 2.56. The van der Waals surface area contributed by atoms with Gasteiger partial charge in [-0.05, 0) is 55.2 Å². The first-order valence-corrected chi connectivity index (χ1v) is 8.16. The average molecular weight is 327 g/mol. The molecule has 0 spiro atoms. The molecule has 2 rings (SSSR count). The molecule has 2 aromatic rings. The summed E-state index contributed by atoms with van der Waals surface area (Å²) in [6, 6.07) is 13.6. The van der Waals surface area contributed by atoms with Crippen LogP contribution in [0.2, 0.25) is 0 Å². The zero-order chi connectivity index (χ0) is 17.5. The molecule has 4 heteroatoms. The summed E-state index contributed by atoms with van der Waals surface area (Å²) in [5, 5.41) is 2.93. The Bertz CT molecular complexity index is 697. The van der Waals surface area contributed by atoms with Crippen molar-refractivity contribution in [1.29, 1.82) is 0 Å². The summed E-state index contributed by atoms with van der Waals surface area (Å²) in [6.07, 6.45) is 0.0633. The predicted octanol–water partition coefficient (Wildman–Crippen LogP) is 4.25. The van der Waals surface area contributed by atoms with E-state index in [0.29, 0.717) is 13.0 Å². The third kappa shape index (κ3) is 4.83. The standard InChI is InChI=1S/C20H25NO3/c1-5-18(24-19-11-14(2)9-10-15(19)3)20(22)21-17-8-6-7-16(12-17)13-23-4/h6-12,18H,5,13H2,1-4H3,(H,21,22)/t18-/m0/s1. The lowest BCUT2D eigenvalue weighted by Crippen LogP contribution is -2.32. The first-order chi connectivity index (χ1) is 11.5. The van der Waals surface area contributed by atoms with Gasteiger partial charge < -0.3 is 14.8 Å². The number of aryl methyl sites for hydroxylation is 2. The number of anilines is 1. The van der Waals surface area contributed by atoms with Crippen LogP contribution in [0.4, 0.5) is 5.69 Å². The van der Waals surface area contributed by atoms with E-state index in [4.69, 9.17) is 9.47 Å². The molecule has 0 aromatic heterocycles. The third-order valence-corrected chi connectivity index (χ3v) is 3.78. The number of hydrogen-bond acceptors (Lipinski definition) is 3. The summed E-state index contributed by atoms with van der Waals surface area (Å²) >= 11 is 0. The van der Waals surface area contributed by atoms with E-state index in [9.17, 15) is 4.79 Å². The Morgan fingerprint density at radius 1 is 1.17 bits per heavy atom. The molecule has 2 aromatic carbocycles. The first kappa shape index (κ1) is 18.0. The highest BCUT2D eigenvalue weighted by atomic mass is 16.5. The summed E-state index contributed by atoms with van der Waals surface area (Å²) < 4.78 is 11.1. The van der Waals surface area contributed by atoms with Crippen molar-refractivity contribution in [3.63, 3.8) is 0 Å². The topological polar surface area (TPSA) is 47.6 Å². The summed E-state index contributed by atoms with van der Waals surface area (Å²) in [5.74, 6) is 0.609. The maximum absolute atomic E-state index is 12.5. The molecule has 0 saturated carbocycles. The van der Waals surface area contributed by atoms with E-state index in [1.165, 1.54) is 0 Å². The van der Waals surface area contributed by atoms with Crippen LogP contribution in [0.15, 0.2) is 42.5 Å². The van der Waals surface area contributed by atoms with Gasteiger partial charge in [0.05, 0.1) is 6.61 Å². The zero-order valence-corrected chi connectivity index (χ0v) is 14.8. The highest BCUT2D eigenvalue weighted by Gasteiger charge is 2.19. The van der Waals surface area contributed by atoms with Crippen LogP contribution in [0.5, 0.6) is 5.75 Å². The Morgan fingerprint density at radius 3 is 2.67 bits per heavy atom. The van der Waals surface area contributed by atoms with Crippen molar-refractivity contribution in [3.8, 4) is 5.75 Å². The molecule has 4 nitrogen and oxygen atoms in total. The maximum Gasteiger partial charge on any atom is 0.265 e. The molecule has 0 aliphatic heterocycles. The van der Waals surface area contributed by atoms with Crippen LogP contribution in [-0.2, 0) is 16.1 Å². The largest absolute Gasteiger partial charge is 0.480 e. The minimum absolute atomic E-state index is 0.145. The van der Waals surface area contributed by atoms with Crippen LogP contribution in [0, 0.1) is 13.8 Å². The zero-order valence-electron chi connectivity index (χ0n) is 14.8. The Kier molecular flexibility index (Phi) is 6.38. The fourth-order valence-electron chi connectivity index (χ4n) is 2.44. The number of rotatable bonds is 7. The number of hydrogen-bond donors (Lipinski definition) is 1. The van der Waals surface area contributed by atoms with E-state index in [-0.39, 0.29) is 5.91 Å². The molecule has 0 saturated heterocycles. The van der Waals surface area contributed by atoms with E-state index in [2.05, 4.69) is 5.32 Å². The second-order valence-corrected chi connectivity index (χ2v) is 5.91. The number of ether oxygens (including phenoxy) is 2. The van der Waals surface area contributed by atoms with Crippen molar-refractivity contribution in [2.24, 2.45) is 0 Å². The van der Waals surface area contributed by atoms with Crippen molar-refractivity contribution in [2.75, 3.05) is 12.4 Å². The monoisotopic (exact) mass is 327 g/mol. The number of carbonyl (C=O) groups is 1. The quantitative estimate of drug-likeness (QED) is 0.827. The van der Waals surface area contributed by atoms with Crippen molar-refractivity contribution in [2.45, 2.75) is 39.9 Å². The van der Waals surface area contributed by atoms with Gasteiger partial charge in [0.2, 0.25) is 0 Å². The van der Waals surface area contributed by atoms with Gasteiger partial charge in [0.15, 0.2) is 6.10 Å². The molecule has 0 radical (unpaired) electrons. The lowest BCUT2D eigenvalue weighted by molar-refractivity contribution is -0.122. The molecule has 24 heavy (non-hydrogen) atoms. The normalized spacial score (nSPS) is 11.8. The summed E-state index contributed by atoms with van der Waals surface area (Å²) in [7, 11) is 1.65. The van der Waals surface area contributed by atoms with Crippen LogP contribution in [0.3, 0.4) is 0 Å². The molecule has 0 fully saturated rings. The molecule has 1 N–H and O–H groups in total. The molecular weight excluding hydrogens is 302 g/mol.